The molecule has 0 aromatic carbocycles. The summed E-state index contributed by atoms with van der Waals surface area (Å²) in [6.45, 7) is 1.12. The van der Waals surface area contributed by atoms with E-state index in [9.17, 15) is 13.2 Å². The number of anilines is 1. The molecule has 1 heterocycles. The Balaban J connectivity index is 1.64. The molecule has 1 aromatic heterocycles. The lowest BCUT2D eigenvalue weighted by atomic mass is 9.96. The van der Waals surface area contributed by atoms with E-state index in [2.05, 4.69) is 20.6 Å². The number of nitrogens with zero attached hydrogens (tertiary/aromatic N) is 2. The first-order valence-corrected chi connectivity index (χ1v) is 8.29. The van der Waals surface area contributed by atoms with Crippen LogP contribution in [0.25, 0.3) is 0 Å². The number of halogens is 3. The number of alkyl halides is 3. The Labute approximate surface area is 139 Å². The number of aliphatic imine (C=N–C) groups is 1. The predicted molar refractivity (Wildman–Crippen MR) is 88.8 cm³/mol. The molecule has 4 N–H and O–H groups in total. The minimum absolute atomic E-state index is 0.417. The molecule has 0 saturated heterocycles. The molecular formula is C16H24F3N5. The number of pyridine rings is 1. The zero-order valence-corrected chi connectivity index (χ0v) is 13.6. The maximum absolute atomic E-state index is 12.4. The van der Waals surface area contributed by atoms with Gasteiger partial charge in [0.2, 0.25) is 0 Å². The second-order valence-electron chi connectivity index (χ2n) is 5.96. The minimum Gasteiger partial charge on any atom is -0.370 e. The van der Waals surface area contributed by atoms with Gasteiger partial charge in [-0.25, -0.2) is 4.98 Å². The van der Waals surface area contributed by atoms with Gasteiger partial charge in [0.1, 0.15) is 5.82 Å². The molecule has 0 aliphatic heterocycles. The first-order chi connectivity index (χ1) is 11.4. The van der Waals surface area contributed by atoms with Crippen molar-refractivity contribution in [1.82, 2.24) is 10.3 Å². The second-order valence-corrected chi connectivity index (χ2v) is 5.96. The average Bonchev–Trinajstić information content (AvgIpc) is 2.55. The van der Waals surface area contributed by atoms with Gasteiger partial charge in [-0.05, 0) is 31.4 Å². The average molecular weight is 343 g/mol. The third kappa shape index (κ3) is 6.25. The SMILES string of the molecule is NC(=NCCCNc1ccc(C(F)(F)F)cn1)NC1CCCCC1. The summed E-state index contributed by atoms with van der Waals surface area (Å²) < 4.78 is 37.3. The minimum atomic E-state index is -4.36. The monoisotopic (exact) mass is 343 g/mol. The largest absolute Gasteiger partial charge is 0.417 e. The number of nitrogens with two attached hydrogens (primary N) is 1. The van der Waals surface area contributed by atoms with E-state index >= 15 is 0 Å². The molecule has 1 aliphatic carbocycles. The lowest BCUT2D eigenvalue weighted by Crippen LogP contribution is -2.41. The fraction of sp³-hybridized carbons (Fsp3) is 0.625. The highest BCUT2D eigenvalue weighted by Gasteiger charge is 2.30. The first-order valence-electron chi connectivity index (χ1n) is 8.29. The zero-order valence-electron chi connectivity index (χ0n) is 13.6. The van der Waals surface area contributed by atoms with Crippen molar-refractivity contribution in [2.45, 2.75) is 50.7 Å². The highest BCUT2D eigenvalue weighted by molar-refractivity contribution is 5.78. The summed E-state index contributed by atoms with van der Waals surface area (Å²) in [5.74, 6) is 0.884. The van der Waals surface area contributed by atoms with Crippen molar-refractivity contribution < 1.29 is 13.2 Å². The third-order valence-corrected chi connectivity index (χ3v) is 3.97. The van der Waals surface area contributed by atoms with E-state index in [4.69, 9.17) is 5.73 Å². The van der Waals surface area contributed by atoms with E-state index < -0.39 is 11.7 Å². The smallest absolute Gasteiger partial charge is 0.370 e. The van der Waals surface area contributed by atoms with Crippen molar-refractivity contribution in [3.8, 4) is 0 Å². The Morgan fingerprint density at radius 3 is 2.62 bits per heavy atom. The van der Waals surface area contributed by atoms with E-state index in [1.54, 1.807) is 0 Å². The predicted octanol–water partition coefficient (Wildman–Crippen LogP) is 3.14. The molecule has 0 spiro atoms. The van der Waals surface area contributed by atoms with Crippen molar-refractivity contribution in [3.63, 3.8) is 0 Å². The Morgan fingerprint density at radius 2 is 2.00 bits per heavy atom. The van der Waals surface area contributed by atoms with Crippen molar-refractivity contribution >= 4 is 11.8 Å². The van der Waals surface area contributed by atoms with Crippen LogP contribution in [-0.4, -0.2) is 30.1 Å². The van der Waals surface area contributed by atoms with Crippen molar-refractivity contribution in [2.24, 2.45) is 10.7 Å². The number of nitrogens with one attached hydrogen (secondary N) is 2. The lowest BCUT2D eigenvalue weighted by Gasteiger charge is -2.23. The van der Waals surface area contributed by atoms with Crippen LogP contribution in [0.5, 0.6) is 0 Å². The normalized spacial score (nSPS) is 16.9. The zero-order chi connectivity index (χ0) is 17.4. The van der Waals surface area contributed by atoms with Crippen LogP contribution in [0.4, 0.5) is 19.0 Å². The van der Waals surface area contributed by atoms with Crippen LogP contribution >= 0.6 is 0 Å². The number of rotatable bonds is 6. The molecule has 1 saturated carbocycles. The molecular weight excluding hydrogens is 319 g/mol. The Kier molecular flexibility index (Phi) is 6.69. The van der Waals surface area contributed by atoms with Gasteiger partial charge in [-0.3, -0.25) is 4.99 Å². The summed E-state index contributed by atoms with van der Waals surface area (Å²) in [5, 5.41) is 6.21. The molecule has 0 unspecified atom stereocenters. The quantitative estimate of drug-likeness (QED) is 0.421. The van der Waals surface area contributed by atoms with Gasteiger partial charge in [-0.1, -0.05) is 19.3 Å². The van der Waals surface area contributed by atoms with Gasteiger partial charge in [0.05, 0.1) is 5.56 Å². The van der Waals surface area contributed by atoms with Crippen molar-refractivity contribution in [1.29, 1.82) is 0 Å². The fourth-order valence-electron chi connectivity index (χ4n) is 2.66. The number of guanidine groups is 1. The Bertz CT molecular complexity index is 522. The van der Waals surface area contributed by atoms with Gasteiger partial charge < -0.3 is 16.4 Å². The molecule has 24 heavy (non-hydrogen) atoms. The standard InChI is InChI=1S/C16H24F3N5/c17-16(18,19)12-7-8-14(23-11-12)21-9-4-10-22-15(20)24-13-5-2-1-3-6-13/h7-8,11,13H,1-6,9-10H2,(H,21,23)(H3,20,22,24). The lowest BCUT2D eigenvalue weighted by molar-refractivity contribution is -0.137. The molecule has 1 aliphatic rings. The number of hydrogen-bond acceptors (Lipinski definition) is 3. The number of aromatic nitrogens is 1. The molecule has 1 fully saturated rings. The molecule has 5 nitrogen and oxygen atoms in total. The van der Waals surface area contributed by atoms with E-state index in [-0.39, 0.29) is 0 Å². The van der Waals surface area contributed by atoms with Crippen LogP contribution in [0.15, 0.2) is 23.3 Å². The van der Waals surface area contributed by atoms with Crippen molar-refractivity contribution in [3.05, 3.63) is 23.9 Å². The van der Waals surface area contributed by atoms with E-state index in [1.807, 2.05) is 0 Å². The van der Waals surface area contributed by atoms with Crippen LogP contribution in [0.3, 0.4) is 0 Å². The van der Waals surface area contributed by atoms with E-state index in [0.29, 0.717) is 30.9 Å². The highest BCUT2D eigenvalue weighted by atomic mass is 19.4. The van der Waals surface area contributed by atoms with E-state index in [1.165, 1.54) is 25.3 Å². The molecule has 0 amide bonds. The Hall–Kier alpha value is -1.99. The summed E-state index contributed by atoms with van der Waals surface area (Å²) in [7, 11) is 0. The molecule has 0 radical (unpaired) electrons. The maximum Gasteiger partial charge on any atom is 0.417 e. The van der Waals surface area contributed by atoms with Crippen molar-refractivity contribution in [2.75, 3.05) is 18.4 Å². The van der Waals surface area contributed by atoms with Crippen LogP contribution in [-0.2, 0) is 6.18 Å². The van der Waals surface area contributed by atoms with E-state index in [0.717, 1.165) is 31.5 Å². The van der Waals surface area contributed by atoms with Gasteiger partial charge in [0.25, 0.3) is 0 Å². The molecule has 134 valence electrons. The molecule has 1 aromatic rings. The third-order valence-electron chi connectivity index (χ3n) is 3.97. The molecule has 0 atom stereocenters. The van der Waals surface area contributed by atoms with Gasteiger partial charge in [-0.15, -0.1) is 0 Å². The molecule has 2 rings (SSSR count). The van der Waals surface area contributed by atoms with Crippen LogP contribution in [0.1, 0.15) is 44.1 Å². The molecule has 0 bridgehead atoms. The first kappa shape index (κ1) is 18.4. The highest BCUT2D eigenvalue weighted by Crippen LogP contribution is 2.28. The van der Waals surface area contributed by atoms with Gasteiger partial charge in [0.15, 0.2) is 5.96 Å². The summed E-state index contributed by atoms with van der Waals surface area (Å²) in [5.41, 5.74) is 5.10. The van der Waals surface area contributed by atoms with Gasteiger partial charge >= 0.3 is 6.18 Å². The maximum atomic E-state index is 12.4. The van der Waals surface area contributed by atoms with Gasteiger partial charge in [0, 0.05) is 25.3 Å². The summed E-state index contributed by atoms with van der Waals surface area (Å²) in [6.07, 6.45) is 3.21. The summed E-state index contributed by atoms with van der Waals surface area (Å²) in [4.78, 5) is 8.02. The fourth-order valence-corrected chi connectivity index (χ4v) is 2.66. The summed E-state index contributed by atoms with van der Waals surface area (Å²) >= 11 is 0. The van der Waals surface area contributed by atoms with Crippen LogP contribution < -0.4 is 16.4 Å². The van der Waals surface area contributed by atoms with Gasteiger partial charge in [-0.2, -0.15) is 13.2 Å². The topological polar surface area (TPSA) is 75.3 Å². The molecule has 8 heteroatoms. The summed E-state index contributed by atoms with van der Waals surface area (Å²) in [6, 6.07) is 2.77. The van der Waals surface area contributed by atoms with Crippen LogP contribution in [0.2, 0.25) is 0 Å². The number of hydrogen-bond donors (Lipinski definition) is 3. The van der Waals surface area contributed by atoms with Crippen LogP contribution in [0, 0.1) is 0 Å². The second kappa shape index (κ2) is 8.75. The Morgan fingerprint density at radius 1 is 1.25 bits per heavy atom.